The van der Waals surface area contributed by atoms with Crippen molar-refractivity contribution < 1.29 is 9.13 Å². The summed E-state index contributed by atoms with van der Waals surface area (Å²) in [6.45, 7) is 5.98. The third kappa shape index (κ3) is 7.20. The second kappa shape index (κ2) is 10.3. The molecule has 2 rings (SSSR count). The van der Waals surface area contributed by atoms with E-state index in [4.69, 9.17) is 4.74 Å². The molecule has 2 N–H and O–H groups in total. The molecule has 1 heterocycles. The first-order valence-corrected chi connectivity index (χ1v) is 8.51. The SMILES string of the molecule is CCNC(=NCC(C)Oc1ccc(F)cc1)NCCc1ccccn1. The molecule has 0 saturated carbocycles. The van der Waals surface area contributed by atoms with Gasteiger partial charge in [-0.2, -0.15) is 0 Å². The monoisotopic (exact) mass is 344 g/mol. The topological polar surface area (TPSA) is 58.5 Å². The van der Waals surface area contributed by atoms with Crippen molar-refractivity contribution in [3.63, 3.8) is 0 Å². The van der Waals surface area contributed by atoms with Gasteiger partial charge in [0.25, 0.3) is 0 Å². The van der Waals surface area contributed by atoms with Crippen molar-refractivity contribution >= 4 is 5.96 Å². The van der Waals surface area contributed by atoms with E-state index in [1.54, 1.807) is 18.3 Å². The minimum absolute atomic E-state index is 0.114. The minimum atomic E-state index is -0.274. The average molecular weight is 344 g/mol. The van der Waals surface area contributed by atoms with E-state index in [0.29, 0.717) is 12.3 Å². The Morgan fingerprint density at radius 1 is 1.20 bits per heavy atom. The Balaban J connectivity index is 1.80. The highest BCUT2D eigenvalue weighted by molar-refractivity contribution is 5.79. The number of hydrogen-bond donors (Lipinski definition) is 2. The smallest absolute Gasteiger partial charge is 0.191 e. The molecule has 25 heavy (non-hydrogen) atoms. The lowest BCUT2D eigenvalue weighted by Crippen LogP contribution is -2.39. The fourth-order valence-corrected chi connectivity index (χ4v) is 2.20. The number of rotatable bonds is 8. The van der Waals surface area contributed by atoms with Gasteiger partial charge in [0.2, 0.25) is 0 Å². The van der Waals surface area contributed by atoms with Crippen LogP contribution in [0.2, 0.25) is 0 Å². The van der Waals surface area contributed by atoms with Crippen molar-refractivity contribution in [3.8, 4) is 5.75 Å². The van der Waals surface area contributed by atoms with Crippen LogP contribution in [0.3, 0.4) is 0 Å². The molecule has 0 amide bonds. The molecular weight excluding hydrogens is 319 g/mol. The fraction of sp³-hybridized carbons (Fsp3) is 0.368. The van der Waals surface area contributed by atoms with Crippen molar-refractivity contribution in [1.29, 1.82) is 0 Å². The Hall–Kier alpha value is -2.63. The van der Waals surface area contributed by atoms with Crippen molar-refractivity contribution in [2.75, 3.05) is 19.6 Å². The van der Waals surface area contributed by atoms with Gasteiger partial charge in [0, 0.05) is 31.4 Å². The van der Waals surface area contributed by atoms with Gasteiger partial charge in [0.15, 0.2) is 5.96 Å². The number of benzene rings is 1. The van der Waals surface area contributed by atoms with Gasteiger partial charge < -0.3 is 15.4 Å². The van der Waals surface area contributed by atoms with Crippen LogP contribution in [-0.4, -0.2) is 36.7 Å². The molecule has 2 aromatic rings. The zero-order valence-electron chi connectivity index (χ0n) is 14.7. The molecular formula is C19H25FN4O. The standard InChI is InChI=1S/C19H25FN4O/c1-3-21-19(23-13-11-17-6-4-5-12-22-17)24-14-15(2)25-18-9-7-16(20)8-10-18/h4-10,12,15H,3,11,13-14H2,1-2H3,(H2,21,23,24). The van der Waals surface area contributed by atoms with Crippen LogP contribution >= 0.6 is 0 Å². The van der Waals surface area contributed by atoms with E-state index in [0.717, 1.165) is 31.2 Å². The van der Waals surface area contributed by atoms with Gasteiger partial charge in [-0.25, -0.2) is 9.38 Å². The Morgan fingerprint density at radius 3 is 2.68 bits per heavy atom. The lowest BCUT2D eigenvalue weighted by atomic mass is 10.3. The number of ether oxygens (including phenoxy) is 1. The van der Waals surface area contributed by atoms with Gasteiger partial charge >= 0.3 is 0 Å². The highest BCUT2D eigenvalue weighted by atomic mass is 19.1. The number of guanidine groups is 1. The number of hydrogen-bond acceptors (Lipinski definition) is 3. The number of nitrogens with one attached hydrogen (secondary N) is 2. The summed E-state index contributed by atoms with van der Waals surface area (Å²) >= 11 is 0. The van der Waals surface area contributed by atoms with E-state index >= 15 is 0 Å². The van der Waals surface area contributed by atoms with E-state index in [1.807, 2.05) is 32.0 Å². The molecule has 0 bridgehead atoms. The zero-order chi connectivity index (χ0) is 17.9. The molecule has 0 spiro atoms. The first kappa shape index (κ1) is 18.7. The van der Waals surface area contributed by atoms with Crippen LogP contribution in [0.5, 0.6) is 5.75 Å². The van der Waals surface area contributed by atoms with Gasteiger partial charge in [-0.1, -0.05) is 6.07 Å². The van der Waals surface area contributed by atoms with Crippen LogP contribution in [-0.2, 0) is 6.42 Å². The van der Waals surface area contributed by atoms with Gasteiger partial charge in [0.05, 0.1) is 6.54 Å². The molecule has 5 nitrogen and oxygen atoms in total. The Bertz CT molecular complexity index is 646. The van der Waals surface area contributed by atoms with E-state index in [-0.39, 0.29) is 11.9 Å². The molecule has 6 heteroatoms. The summed E-state index contributed by atoms with van der Waals surface area (Å²) in [6, 6.07) is 11.9. The van der Waals surface area contributed by atoms with Gasteiger partial charge in [-0.3, -0.25) is 4.98 Å². The summed E-state index contributed by atoms with van der Waals surface area (Å²) in [5, 5.41) is 6.50. The third-order valence-corrected chi connectivity index (χ3v) is 3.40. The molecule has 1 unspecified atom stereocenters. The van der Waals surface area contributed by atoms with Crippen LogP contribution < -0.4 is 15.4 Å². The molecule has 134 valence electrons. The molecule has 1 aromatic heterocycles. The maximum Gasteiger partial charge on any atom is 0.191 e. The number of nitrogens with zero attached hydrogens (tertiary/aromatic N) is 2. The first-order chi connectivity index (χ1) is 12.2. The Labute approximate surface area is 148 Å². The van der Waals surface area contributed by atoms with E-state index < -0.39 is 0 Å². The third-order valence-electron chi connectivity index (χ3n) is 3.40. The largest absolute Gasteiger partial charge is 0.489 e. The molecule has 0 aliphatic heterocycles. The Morgan fingerprint density at radius 2 is 2.00 bits per heavy atom. The summed E-state index contributed by atoms with van der Waals surface area (Å²) in [4.78, 5) is 8.84. The second-order valence-electron chi connectivity index (χ2n) is 5.60. The number of aliphatic imine (C=N–C) groups is 1. The van der Waals surface area contributed by atoms with Crippen molar-refractivity contribution in [2.24, 2.45) is 4.99 Å². The number of halogens is 1. The van der Waals surface area contributed by atoms with Gasteiger partial charge in [-0.05, 0) is 50.2 Å². The molecule has 0 radical (unpaired) electrons. The predicted molar refractivity (Wildman–Crippen MR) is 98.4 cm³/mol. The highest BCUT2D eigenvalue weighted by Crippen LogP contribution is 2.13. The highest BCUT2D eigenvalue weighted by Gasteiger charge is 2.05. The summed E-state index contributed by atoms with van der Waals surface area (Å²) in [7, 11) is 0. The quantitative estimate of drug-likeness (QED) is 0.571. The van der Waals surface area contributed by atoms with Crippen LogP contribution in [0, 0.1) is 5.82 Å². The molecule has 0 aliphatic rings. The summed E-state index contributed by atoms with van der Waals surface area (Å²) in [5.74, 6) is 1.11. The lowest BCUT2D eigenvalue weighted by molar-refractivity contribution is 0.230. The minimum Gasteiger partial charge on any atom is -0.489 e. The lowest BCUT2D eigenvalue weighted by Gasteiger charge is -2.15. The first-order valence-electron chi connectivity index (χ1n) is 8.51. The summed E-state index contributed by atoms with van der Waals surface area (Å²) in [5.41, 5.74) is 1.04. The summed E-state index contributed by atoms with van der Waals surface area (Å²) in [6.07, 6.45) is 2.51. The zero-order valence-corrected chi connectivity index (χ0v) is 14.7. The van der Waals surface area contributed by atoms with Crippen LogP contribution in [0.25, 0.3) is 0 Å². The second-order valence-corrected chi connectivity index (χ2v) is 5.60. The van der Waals surface area contributed by atoms with Crippen molar-refractivity contribution in [2.45, 2.75) is 26.4 Å². The van der Waals surface area contributed by atoms with Crippen molar-refractivity contribution in [1.82, 2.24) is 15.6 Å². The summed E-state index contributed by atoms with van der Waals surface area (Å²) < 4.78 is 18.6. The van der Waals surface area contributed by atoms with E-state index in [1.165, 1.54) is 12.1 Å². The maximum atomic E-state index is 12.9. The van der Waals surface area contributed by atoms with Crippen LogP contribution in [0.1, 0.15) is 19.5 Å². The Kier molecular flexibility index (Phi) is 7.69. The predicted octanol–water partition coefficient (Wildman–Crippen LogP) is 2.79. The average Bonchev–Trinajstić information content (AvgIpc) is 2.62. The molecule has 1 atom stereocenters. The van der Waals surface area contributed by atoms with Gasteiger partial charge in [-0.15, -0.1) is 0 Å². The van der Waals surface area contributed by atoms with Crippen LogP contribution in [0.15, 0.2) is 53.7 Å². The van der Waals surface area contributed by atoms with Crippen molar-refractivity contribution in [3.05, 3.63) is 60.2 Å². The van der Waals surface area contributed by atoms with E-state index in [2.05, 4.69) is 20.6 Å². The molecule has 0 aliphatic carbocycles. The molecule has 0 saturated heterocycles. The normalized spacial score (nSPS) is 12.5. The van der Waals surface area contributed by atoms with Crippen LogP contribution in [0.4, 0.5) is 4.39 Å². The number of pyridine rings is 1. The fourth-order valence-electron chi connectivity index (χ4n) is 2.20. The maximum absolute atomic E-state index is 12.9. The number of aromatic nitrogens is 1. The van der Waals surface area contributed by atoms with E-state index in [9.17, 15) is 4.39 Å². The van der Waals surface area contributed by atoms with Gasteiger partial charge in [0.1, 0.15) is 17.7 Å². The molecule has 0 fully saturated rings. The molecule has 1 aromatic carbocycles.